The molecule has 0 heterocycles. The van der Waals surface area contributed by atoms with Gasteiger partial charge in [-0.05, 0) is 60.7 Å². The molecule has 3 rings (SSSR count). The lowest BCUT2D eigenvalue weighted by Crippen LogP contribution is -2.42. The first-order valence-electron chi connectivity index (χ1n) is 9.09. The van der Waals surface area contributed by atoms with Crippen LogP contribution in [0.2, 0.25) is 5.02 Å². The van der Waals surface area contributed by atoms with E-state index < -0.39 is 27.7 Å². The van der Waals surface area contributed by atoms with Crippen LogP contribution in [0, 0.1) is 5.82 Å². The fourth-order valence-corrected chi connectivity index (χ4v) is 4.38. The minimum Gasteiger partial charge on any atom is -0.280 e. The standard InChI is InChI=1S/C21H17ClFN3O4S2/c22-15-7-9-16(10-8-15)26-32(29,30)17-11-5-14(6-12-17)21(28)25-24-20(27)13-31-19-4-2-1-3-18(19)23/h1-12,26H,13H2,(H,24,27)(H,25,28). The predicted octanol–water partition coefficient (Wildman–Crippen LogP) is 3.83. The van der Waals surface area contributed by atoms with E-state index >= 15 is 0 Å². The van der Waals surface area contributed by atoms with Gasteiger partial charge in [0.2, 0.25) is 5.91 Å². The van der Waals surface area contributed by atoms with Crippen molar-refractivity contribution in [3.8, 4) is 0 Å². The van der Waals surface area contributed by atoms with Crippen molar-refractivity contribution in [3.63, 3.8) is 0 Å². The first-order chi connectivity index (χ1) is 15.2. The molecule has 3 N–H and O–H groups in total. The molecule has 0 saturated carbocycles. The number of carbonyl (C=O) groups is 2. The number of sulfonamides is 1. The van der Waals surface area contributed by atoms with Crippen LogP contribution in [0.5, 0.6) is 0 Å². The molecule has 0 aliphatic carbocycles. The minimum atomic E-state index is -3.86. The van der Waals surface area contributed by atoms with E-state index in [0.29, 0.717) is 15.6 Å². The summed E-state index contributed by atoms with van der Waals surface area (Å²) >= 11 is 6.78. The molecular formula is C21H17ClFN3O4S2. The van der Waals surface area contributed by atoms with Crippen LogP contribution in [0.15, 0.2) is 82.6 Å². The van der Waals surface area contributed by atoms with E-state index in [9.17, 15) is 22.4 Å². The largest absolute Gasteiger partial charge is 0.280 e. The molecule has 32 heavy (non-hydrogen) atoms. The van der Waals surface area contributed by atoms with Gasteiger partial charge in [0.1, 0.15) is 5.82 Å². The van der Waals surface area contributed by atoms with Gasteiger partial charge in [-0.3, -0.25) is 25.2 Å². The van der Waals surface area contributed by atoms with Crippen molar-refractivity contribution >= 4 is 50.9 Å². The van der Waals surface area contributed by atoms with Gasteiger partial charge in [-0.25, -0.2) is 12.8 Å². The number of anilines is 1. The minimum absolute atomic E-state index is 0.0469. The van der Waals surface area contributed by atoms with Crippen LogP contribution < -0.4 is 15.6 Å². The topological polar surface area (TPSA) is 104 Å². The Hall–Kier alpha value is -3.08. The van der Waals surface area contributed by atoms with Crippen molar-refractivity contribution in [2.45, 2.75) is 9.79 Å². The fraction of sp³-hybridized carbons (Fsp3) is 0.0476. The van der Waals surface area contributed by atoms with E-state index in [1.807, 2.05) is 0 Å². The summed E-state index contributed by atoms with van der Waals surface area (Å²) in [6.07, 6.45) is 0. The number of hydrogen-bond donors (Lipinski definition) is 3. The number of halogens is 2. The maximum Gasteiger partial charge on any atom is 0.269 e. The van der Waals surface area contributed by atoms with Crippen LogP contribution in [0.1, 0.15) is 10.4 Å². The van der Waals surface area contributed by atoms with Gasteiger partial charge in [-0.2, -0.15) is 0 Å². The molecule has 7 nitrogen and oxygen atoms in total. The van der Waals surface area contributed by atoms with Crippen LogP contribution >= 0.6 is 23.4 Å². The van der Waals surface area contributed by atoms with Gasteiger partial charge in [-0.1, -0.05) is 23.7 Å². The summed E-state index contributed by atoms with van der Waals surface area (Å²) in [6, 6.07) is 17.3. The van der Waals surface area contributed by atoms with Gasteiger partial charge in [0.25, 0.3) is 15.9 Å². The number of amides is 2. The summed E-state index contributed by atoms with van der Waals surface area (Å²) in [5.74, 6) is -1.70. The lowest BCUT2D eigenvalue weighted by atomic mass is 10.2. The van der Waals surface area contributed by atoms with Crippen molar-refractivity contribution in [2.24, 2.45) is 0 Å². The van der Waals surface area contributed by atoms with Crippen LogP contribution in [-0.2, 0) is 14.8 Å². The van der Waals surface area contributed by atoms with Gasteiger partial charge in [-0.15, -0.1) is 11.8 Å². The van der Waals surface area contributed by atoms with Crippen molar-refractivity contribution < 1.29 is 22.4 Å². The van der Waals surface area contributed by atoms with E-state index in [0.717, 1.165) is 11.8 Å². The SMILES string of the molecule is O=C(CSc1ccccc1F)NNC(=O)c1ccc(S(=O)(=O)Nc2ccc(Cl)cc2)cc1. The van der Waals surface area contributed by atoms with Crippen molar-refractivity contribution in [1.29, 1.82) is 0 Å². The van der Waals surface area contributed by atoms with E-state index in [-0.39, 0.29) is 16.2 Å². The molecule has 0 radical (unpaired) electrons. The maximum atomic E-state index is 13.6. The number of hydrogen-bond acceptors (Lipinski definition) is 5. The molecule has 11 heteroatoms. The average molecular weight is 494 g/mol. The summed E-state index contributed by atoms with van der Waals surface area (Å²) in [7, 11) is -3.86. The number of thioether (sulfide) groups is 1. The second kappa shape index (κ2) is 10.5. The highest BCUT2D eigenvalue weighted by Gasteiger charge is 2.16. The van der Waals surface area contributed by atoms with Gasteiger partial charge in [0.05, 0.1) is 10.6 Å². The average Bonchev–Trinajstić information content (AvgIpc) is 2.78. The van der Waals surface area contributed by atoms with Crippen molar-refractivity contribution in [2.75, 3.05) is 10.5 Å². The lowest BCUT2D eigenvalue weighted by molar-refractivity contribution is -0.119. The molecule has 2 amide bonds. The molecule has 166 valence electrons. The Bertz CT molecular complexity index is 1220. The van der Waals surface area contributed by atoms with E-state index in [4.69, 9.17) is 11.6 Å². The highest BCUT2D eigenvalue weighted by atomic mass is 35.5. The monoisotopic (exact) mass is 493 g/mol. The fourth-order valence-electron chi connectivity index (χ4n) is 2.46. The number of carbonyl (C=O) groups excluding carboxylic acids is 2. The zero-order valence-electron chi connectivity index (χ0n) is 16.3. The molecule has 0 fully saturated rings. The molecule has 3 aromatic carbocycles. The Kier molecular flexibility index (Phi) is 7.73. The molecule has 0 aromatic heterocycles. The Morgan fingerprint density at radius 1 is 0.906 bits per heavy atom. The van der Waals surface area contributed by atoms with Gasteiger partial charge < -0.3 is 0 Å². The number of rotatable bonds is 7. The number of nitrogens with one attached hydrogen (secondary N) is 3. The van der Waals surface area contributed by atoms with Crippen LogP contribution in [-0.4, -0.2) is 26.0 Å². The summed E-state index contributed by atoms with van der Waals surface area (Å²) in [5, 5.41) is 0.473. The third kappa shape index (κ3) is 6.46. The van der Waals surface area contributed by atoms with E-state index in [1.165, 1.54) is 42.5 Å². The van der Waals surface area contributed by atoms with Gasteiger partial charge in [0.15, 0.2) is 0 Å². The smallest absolute Gasteiger partial charge is 0.269 e. The van der Waals surface area contributed by atoms with Crippen molar-refractivity contribution in [1.82, 2.24) is 10.9 Å². The molecule has 3 aromatic rings. The molecule has 0 bridgehead atoms. The lowest BCUT2D eigenvalue weighted by Gasteiger charge is -2.10. The number of benzene rings is 3. The quantitative estimate of drug-likeness (QED) is 0.343. The van der Waals surface area contributed by atoms with E-state index in [2.05, 4.69) is 15.6 Å². The Morgan fingerprint density at radius 3 is 2.22 bits per heavy atom. The Labute approximate surface area is 193 Å². The summed E-state index contributed by atoms with van der Waals surface area (Å²) < 4.78 is 40.9. The molecule has 0 saturated heterocycles. The molecule has 0 aliphatic rings. The number of hydrazine groups is 1. The first-order valence-corrected chi connectivity index (χ1v) is 11.9. The third-order valence-electron chi connectivity index (χ3n) is 4.03. The highest BCUT2D eigenvalue weighted by molar-refractivity contribution is 8.00. The second-order valence-electron chi connectivity index (χ2n) is 6.36. The van der Waals surface area contributed by atoms with Gasteiger partial charge >= 0.3 is 0 Å². The maximum absolute atomic E-state index is 13.6. The molecule has 0 spiro atoms. The summed E-state index contributed by atoms with van der Waals surface area (Å²) in [4.78, 5) is 24.3. The van der Waals surface area contributed by atoms with E-state index in [1.54, 1.807) is 30.3 Å². The van der Waals surface area contributed by atoms with Crippen LogP contribution in [0.25, 0.3) is 0 Å². The van der Waals surface area contributed by atoms with Crippen molar-refractivity contribution in [3.05, 3.63) is 89.2 Å². The molecule has 0 aliphatic heterocycles. The van der Waals surface area contributed by atoms with Crippen LogP contribution in [0.4, 0.5) is 10.1 Å². The normalized spacial score (nSPS) is 10.9. The molecular weight excluding hydrogens is 477 g/mol. The zero-order valence-corrected chi connectivity index (χ0v) is 18.7. The molecule has 0 atom stereocenters. The van der Waals surface area contributed by atoms with Crippen LogP contribution in [0.3, 0.4) is 0 Å². The zero-order chi connectivity index (χ0) is 23.1. The van der Waals surface area contributed by atoms with Gasteiger partial charge in [0, 0.05) is 21.2 Å². The third-order valence-corrected chi connectivity index (χ3v) is 6.73. The highest BCUT2D eigenvalue weighted by Crippen LogP contribution is 2.21. The predicted molar refractivity (Wildman–Crippen MR) is 121 cm³/mol. The molecule has 0 unspecified atom stereocenters. The first kappa shape index (κ1) is 23.6. The summed E-state index contributed by atoms with van der Waals surface area (Å²) in [5.41, 5.74) is 4.94. The summed E-state index contributed by atoms with van der Waals surface area (Å²) in [6.45, 7) is 0. The second-order valence-corrected chi connectivity index (χ2v) is 9.49. The Morgan fingerprint density at radius 2 is 1.56 bits per heavy atom. The Balaban J connectivity index is 1.53.